The lowest BCUT2D eigenvalue weighted by molar-refractivity contribution is 0.167. The fourth-order valence-corrected chi connectivity index (χ4v) is 3.95. The Morgan fingerprint density at radius 1 is 1.29 bits per heavy atom. The van der Waals surface area contributed by atoms with Crippen molar-refractivity contribution in [2.45, 2.75) is 38.3 Å². The summed E-state index contributed by atoms with van der Waals surface area (Å²) in [4.78, 5) is 2.48. The summed E-state index contributed by atoms with van der Waals surface area (Å²) < 4.78 is 12.4. The fraction of sp³-hybridized carbons (Fsp3) is 0.625. The Hall–Kier alpha value is -0.780. The summed E-state index contributed by atoms with van der Waals surface area (Å²) in [5.74, 6) is 1.65. The van der Waals surface area contributed by atoms with E-state index in [1.807, 2.05) is 0 Å². The maximum Gasteiger partial charge on any atom is 0.175 e. The number of ether oxygens (including phenoxy) is 2. The first-order chi connectivity index (χ1) is 10.2. The van der Waals surface area contributed by atoms with Gasteiger partial charge in [-0.25, -0.2) is 0 Å². The molecule has 5 heteroatoms. The quantitative estimate of drug-likeness (QED) is 0.886. The van der Waals surface area contributed by atoms with E-state index in [-0.39, 0.29) is 12.1 Å². The number of benzene rings is 1. The van der Waals surface area contributed by atoms with E-state index in [0.29, 0.717) is 13.2 Å². The van der Waals surface area contributed by atoms with Crippen LogP contribution in [0.1, 0.15) is 37.8 Å². The van der Waals surface area contributed by atoms with Gasteiger partial charge in [0.2, 0.25) is 0 Å². The van der Waals surface area contributed by atoms with Gasteiger partial charge in [-0.3, -0.25) is 4.90 Å². The molecule has 0 bridgehead atoms. The van der Waals surface area contributed by atoms with Gasteiger partial charge in [0, 0.05) is 6.04 Å². The molecule has 1 fully saturated rings. The Morgan fingerprint density at radius 3 is 2.90 bits per heavy atom. The van der Waals surface area contributed by atoms with E-state index in [2.05, 4.69) is 39.9 Å². The second kappa shape index (κ2) is 6.55. The molecule has 0 aromatic heterocycles. The Labute approximate surface area is 134 Å². The summed E-state index contributed by atoms with van der Waals surface area (Å²) in [6.07, 6.45) is 3.51. The van der Waals surface area contributed by atoms with Gasteiger partial charge in [0.15, 0.2) is 11.5 Å². The maximum absolute atomic E-state index is 6.47. The minimum atomic E-state index is 0.168. The molecule has 2 aliphatic rings. The van der Waals surface area contributed by atoms with Gasteiger partial charge in [-0.2, -0.15) is 0 Å². The first kappa shape index (κ1) is 15.1. The van der Waals surface area contributed by atoms with Crippen LogP contribution in [0.3, 0.4) is 0 Å². The molecule has 0 aliphatic carbocycles. The number of hydrogen-bond donors (Lipinski definition) is 1. The highest BCUT2D eigenvalue weighted by Crippen LogP contribution is 2.42. The third kappa shape index (κ3) is 3.05. The zero-order chi connectivity index (χ0) is 14.8. The highest BCUT2D eigenvalue weighted by Gasteiger charge is 2.30. The van der Waals surface area contributed by atoms with Crippen LogP contribution in [-0.4, -0.2) is 37.2 Å². The lowest BCUT2D eigenvalue weighted by Gasteiger charge is -2.34. The maximum atomic E-state index is 6.47. The standard InChI is InChI=1S/C16H23BrN2O2/c1-2-19-6-4-3-5-13(18)15(19)11-9-12(17)16-14(10-11)20-7-8-21-16/h9-10,13,15H,2-8,18H2,1H3. The van der Waals surface area contributed by atoms with Crippen LogP contribution < -0.4 is 15.2 Å². The molecule has 4 nitrogen and oxygen atoms in total. The molecule has 1 aromatic carbocycles. The van der Waals surface area contributed by atoms with Crippen LogP contribution in [0.25, 0.3) is 0 Å². The van der Waals surface area contributed by atoms with Crippen molar-refractivity contribution < 1.29 is 9.47 Å². The van der Waals surface area contributed by atoms with Gasteiger partial charge in [0.05, 0.1) is 10.5 Å². The highest BCUT2D eigenvalue weighted by atomic mass is 79.9. The number of nitrogens with two attached hydrogens (primary N) is 1. The summed E-state index contributed by atoms with van der Waals surface area (Å²) in [7, 11) is 0. The minimum Gasteiger partial charge on any atom is -0.486 e. The summed E-state index contributed by atoms with van der Waals surface area (Å²) in [5, 5.41) is 0. The van der Waals surface area contributed by atoms with Crippen molar-refractivity contribution in [2.24, 2.45) is 5.73 Å². The molecule has 2 heterocycles. The summed E-state index contributed by atoms with van der Waals surface area (Å²) >= 11 is 3.62. The SMILES string of the molecule is CCN1CCCCC(N)C1c1cc(Br)c2c(c1)OCCO2. The van der Waals surface area contributed by atoms with Crippen LogP contribution in [0.5, 0.6) is 11.5 Å². The fourth-order valence-electron chi connectivity index (χ4n) is 3.38. The van der Waals surface area contributed by atoms with Gasteiger partial charge in [0.1, 0.15) is 13.2 Å². The largest absolute Gasteiger partial charge is 0.486 e. The minimum absolute atomic E-state index is 0.168. The van der Waals surface area contributed by atoms with E-state index in [1.54, 1.807) is 0 Å². The van der Waals surface area contributed by atoms with Crippen molar-refractivity contribution in [1.29, 1.82) is 0 Å². The van der Waals surface area contributed by atoms with Crippen LogP contribution >= 0.6 is 15.9 Å². The van der Waals surface area contributed by atoms with Gasteiger partial charge < -0.3 is 15.2 Å². The van der Waals surface area contributed by atoms with Crippen molar-refractivity contribution in [3.8, 4) is 11.5 Å². The Balaban J connectivity index is 1.98. The lowest BCUT2D eigenvalue weighted by atomic mass is 9.96. The van der Waals surface area contributed by atoms with Gasteiger partial charge in [-0.1, -0.05) is 13.3 Å². The number of likely N-dealkylation sites (tertiary alicyclic amines) is 1. The molecule has 0 spiro atoms. The van der Waals surface area contributed by atoms with Crippen molar-refractivity contribution >= 4 is 15.9 Å². The van der Waals surface area contributed by atoms with Crippen LogP contribution in [0.4, 0.5) is 0 Å². The Kier molecular flexibility index (Phi) is 4.72. The van der Waals surface area contributed by atoms with Crippen molar-refractivity contribution in [2.75, 3.05) is 26.3 Å². The third-order valence-corrected chi connectivity index (χ3v) is 4.99. The lowest BCUT2D eigenvalue weighted by Crippen LogP contribution is -2.39. The van der Waals surface area contributed by atoms with Crippen molar-refractivity contribution in [3.05, 3.63) is 22.2 Å². The predicted octanol–water partition coefficient (Wildman–Crippen LogP) is 3.09. The number of likely N-dealkylation sites (N-methyl/N-ethyl adjacent to an activating group) is 1. The second-order valence-corrected chi connectivity index (χ2v) is 6.61. The summed E-state index contributed by atoms with van der Waals surface area (Å²) in [6, 6.07) is 4.68. The molecule has 0 saturated carbocycles. The van der Waals surface area contributed by atoms with Crippen LogP contribution in [0.15, 0.2) is 16.6 Å². The molecule has 0 radical (unpaired) electrons. The zero-order valence-electron chi connectivity index (χ0n) is 12.5. The topological polar surface area (TPSA) is 47.7 Å². The molecule has 2 unspecified atom stereocenters. The molecular formula is C16H23BrN2O2. The predicted molar refractivity (Wildman–Crippen MR) is 86.9 cm³/mol. The number of nitrogens with zero attached hydrogens (tertiary/aromatic N) is 1. The van der Waals surface area contributed by atoms with Crippen LogP contribution in [0, 0.1) is 0 Å². The van der Waals surface area contributed by atoms with Crippen molar-refractivity contribution in [3.63, 3.8) is 0 Å². The average Bonchev–Trinajstić information content (AvgIpc) is 2.68. The number of rotatable bonds is 2. The smallest absolute Gasteiger partial charge is 0.175 e. The van der Waals surface area contributed by atoms with E-state index >= 15 is 0 Å². The molecule has 2 N–H and O–H groups in total. The molecule has 0 amide bonds. The molecule has 3 rings (SSSR count). The first-order valence-electron chi connectivity index (χ1n) is 7.79. The number of halogens is 1. The monoisotopic (exact) mass is 354 g/mol. The third-order valence-electron chi connectivity index (χ3n) is 4.40. The van der Waals surface area contributed by atoms with Gasteiger partial charge in [-0.05, 0) is 59.6 Å². The van der Waals surface area contributed by atoms with E-state index in [1.165, 1.54) is 18.4 Å². The first-order valence-corrected chi connectivity index (χ1v) is 8.58. The number of hydrogen-bond acceptors (Lipinski definition) is 4. The van der Waals surface area contributed by atoms with E-state index < -0.39 is 0 Å². The molecule has 2 atom stereocenters. The zero-order valence-corrected chi connectivity index (χ0v) is 14.1. The second-order valence-electron chi connectivity index (χ2n) is 5.76. The van der Waals surface area contributed by atoms with Crippen LogP contribution in [-0.2, 0) is 0 Å². The molecule has 21 heavy (non-hydrogen) atoms. The molecule has 1 saturated heterocycles. The van der Waals surface area contributed by atoms with Gasteiger partial charge in [-0.15, -0.1) is 0 Å². The van der Waals surface area contributed by atoms with Gasteiger partial charge >= 0.3 is 0 Å². The van der Waals surface area contributed by atoms with E-state index in [9.17, 15) is 0 Å². The average molecular weight is 355 g/mol. The van der Waals surface area contributed by atoms with Gasteiger partial charge in [0.25, 0.3) is 0 Å². The molecule has 116 valence electrons. The molecular weight excluding hydrogens is 332 g/mol. The summed E-state index contributed by atoms with van der Waals surface area (Å²) in [6.45, 7) is 5.55. The van der Waals surface area contributed by atoms with E-state index in [0.717, 1.165) is 35.5 Å². The van der Waals surface area contributed by atoms with Crippen molar-refractivity contribution in [1.82, 2.24) is 4.90 Å². The normalized spacial score (nSPS) is 26.4. The Bertz CT molecular complexity index is 509. The van der Waals surface area contributed by atoms with Crippen LogP contribution in [0.2, 0.25) is 0 Å². The Morgan fingerprint density at radius 2 is 2.10 bits per heavy atom. The summed E-state index contributed by atoms with van der Waals surface area (Å²) in [5.41, 5.74) is 7.70. The molecule has 2 aliphatic heterocycles. The molecule has 1 aromatic rings. The van der Waals surface area contributed by atoms with E-state index in [4.69, 9.17) is 15.2 Å². The highest BCUT2D eigenvalue weighted by molar-refractivity contribution is 9.10. The number of fused-ring (bicyclic) bond motifs is 1.